The van der Waals surface area contributed by atoms with Crippen LogP contribution in [-0.4, -0.2) is 6.29 Å². The quantitative estimate of drug-likeness (QED) is 0.681. The van der Waals surface area contributed by atoms with Crippen molar-refractivity contribution in [3.05, 3.63) is 48.2 Å². The Kier molecular flexibility index (Phi) is 2.14. The van der Waals surface area contributed by atoms with E-state index >= 15 is 0 Å². The Labute approximate surface area is 80.0 Å². The lowest BCUT2D eigenvalue weighted by molar-refractivity contribution is 0.112. The average Bonchev–Trinajstić information content (AvgIpc) is 2.70. The van der Waals surface area contributed by atoms with Crippen molar-refractivity contribution in [1.29, 1.82) is 0 Å². The summed E-state index contributed by atoms with van der Waals surface area (Å²) in [6.45, 7) is 0. The molecule has 70 valence electrons. The Morgan fingerprint density at radius 2 is 2.07 bits per heavy atom. The lowest BCUT2D eigenvalue weighted by atomic mass is 10.1. The summed E-state index contributed by atoms with van der Waals surface area (Å²) in [5.41, 5.74) is 1.56. The molecule has 1 aromatic carbocycles. The number of furan rings is 1. The molecule has 2 aromatic rings. The minimum absolute atomic E-state index is 0.0669. The molecule has 3 heteroatoms. The van der Waals surface area contributed by atoms with Gasteiger partial charge in [0.15, 0.2) is 6.29 Å². The topological polar surface area (TPSA) is 30.2 Å². The van der Waals surface area contributed by atoms with Gasteiger partial charge in [0.2, 0.25) is 0 Å². The molecule has 2 nitrogen and oxygen atoms in total. The number of hydrogen-bond donors (Lipinski definition) is 0. The van der Waals surface area contributed by atoms with Gasteiger partial charge >= 0.3 is 0 Å². The van der Waals surface area contributed by atoms with Crippen molar-refractivity contribution in [2.24, 2.45) is 0 Å². The molecule has 0 atom stereocenters. The predicted molar refractivity (Wildman–Crippen MR) is 49.5 cm³/mol. The second-order valence-electron chi connectivity index (χ2n) is 2.87. The fraction of sp³-hybridized carbons (Fsp3) is 0. The van der Waals surface area contributed by atoms with Crippen LogP contribution in [0.15, 0.2) is 41.2 Å². The van der Waals surface area contributed by atoms with Gasteiger partial charge in [-0.25, -0.2) is 4.39 Å². The van der Waals surface area contributed by atoms with Crippen LogP contribution >= 0.6 is 0 Å². The molecule has 0 saturated heterocycles. The number of carbonyl (C=O) groups is 1. The third-order valence-electron chi connectivity index (χ3n) is 1.98. The van der Waals surface area contributed by atoms with Gasteiger partial charge in [-0.15, -0.1) is 0 Å². The van der Waals surface area contributed by atoms with Crippen molar-refractivity contribution in [1.82, 2.24) is 0 Å². The highest BCUT2D eigenvalue weighted by Gasteiger charge is 2.04. The van der Waals surface area contributed by atoms with Gasteiger partial charge in [-0.1, -0.05) is 6.07 Å². The molecule has 0 spiro atoms. The average molecular weight is 190 g/mol. The molecular weight excluding hydrogens is 183 g/mol. The van der Waals surface area contributed by atoms with Gasteiger partial charge in [0.25, 0.3) is 0 Å². The van der Waals surface area contributed by atoms with Gasteiger partial charge in [0, 0.05) is 5.56 Å². The summed E-state index contributed by atoms with van der Waals surface area (Å²) in [7, 11) is 0. The van der Waals surface area contributed by atoms with Crippen molar-refractivity contribution in [2.45, 2.75) is 0 Å². The van der Waals surface area contributed by atoms with E-state index in [-0.39, 0.29) is 5.56 Å². The van der Waals surface area contributed by atoms with Crippen LogP contribution in [0.25, 0.3) is 11.1 Å². The Morgan fingerprint density at radius 1 is 1.21 bits per heavy atom. The Balaban J connectivity index is 2.48. The summed E-state index contributed by atoms with van der Waals surface area (Å²) >= 11 is 0. The number of hydrogen-bond acceptors (Lipinski definition) is 2. The third kappa shape index (κ3) is 1.44. The van der Waals surface area contributed by atoms with E-state index in [4.69, 9.17) is 4.42 Å². The molecule has 1 heterocycles. The maximum absolute atomic E-state index is 13.2. The van der Waals surface area contributed by atoms with Crippen LogP contribution in [0, 0.1) is 5.82 Å². The van der Waals surface area contributed by atoms with Crippen molar-refractivity contribution >= 4 is 6.29 Å². The van der Waals surface area contributed by atoms with E-state index < -0.39 is 5.82 Å². The van der Waals surface area contributed by atoms with Crippen LogP contribution in [0.5, 0.6) is 0 Å². The van der Waals surface area contributed by atoms with Gasteiger partial charge < -0.3 is 4.42 Å². The SMILES string of the molecule is O=Cc1ccc(-c2ccoc2)cc1F. The minimum atomic E-state index is -0.515. The predicted octanol–water partition coefficient (Wildman–Crippen LogP) is 2.90. The molecule has 0 unspecified atom stereocenters. The highest BCUT2D eigenvalue weighted by atomic mass is 19.1. The van der Waals surface area contributed by atoms with E-state index in [1.807, 2.05) is 0 Å². The largest absolute Gasteiger partial charge is 0.472 e. The summed E-state index contributed by atoms with van der Waals surface area (Å²) in [6, 6.07) is 6.17. The van der Waals surface area contributed by atoms with Gasteiger partial charge in [-0.05, 0) is 23.8 Å². The van der Waals surface area contributed by atoms with Crippen molar-refractivity contribution in [3.63, 3.8) is 0 Å². The molecular formula is C11H7FO2. The van der Waals surface area contributed by atoms with Crippen LogP contribution in [0.1, 0.15) is 10.4 Å². The number of rotatable bonds is 2. The summed E-state index contributed by atoms with van der Waals surface area (Å²) in [5.74, 6) is -0.515. The van der Waals surface area contributed by atoms with Crippen molar-refractivity contribution < 1.29 is 13.6 Å². The number of aldehydes is 1. The van der Waals surface area contributed by atoms with E-state index in [0.717, 1.165) is 5.56 Å². The maximum Gasteiger partial charge on any atom is 0.152 e. The molecule has 0 fully saturated rings. The highest BCUT2D eigenvalue weighted by Crippen LogP contribution is 2.21. The van der Waals surface area contributed by atoms with E-state index in [2.05, 4.69) is 0 Å². The molecule has 0 N–H and O–H groups in total. The van der Waals surface area contributed by atoms with Crippen LogP contribution in [0.2, 0.25) is 0 Å². The lowest BCUT2D eigenvalue weighted by Crippen LogP contribution is -1.87. The summed E-state index contributed by atoms with van der Waals surface area (Å²) < 4.78 is 18.1. The van der Waals surface area contributed by atoms with Gasteiger partial charge in [-0.2, -0.15) is 0 Å². The molecule has 2 rings (SSSR count). The summed E-state index contributed by atoms with van der Waals surface area (Å²) in [5, 5.41) is 0. The number of benzene rings is 1. The molecule has 0 aliphatic heterocycles. The highest BCUT2D eigenvalue weighted by molar-refractivity contribution is 5.77. The monoisotopic (exact) mass is 190 g/mol. The maximum atomic E-state index is 13.2. The fourth-order valence-corrected chi connectivity index (χ4v) is 1.23. The number of carbonyl (C=O) groups excluding carboxylic acids is 1. The van der Waals surface area contributed by atoms with Crippen LogP contribution in [-0.2, 0) is 0 Å². The van der Waals surface area contributed by atoms with E-state index in [0.29, 0.717) is 11.8 Å². The molecule has 1 aromatic heterocycles. The minimum Gasteiger partial charge on any atom is -0.472 e. The first-order valence-electron chi connectivity index (χ1n) is 4.08. The molecule has 0 aliphatic rings. The fourth-order valence-electron chi connectivity index (χ4n) is 1.23. The van der Waals surface area contributed by atoms with Crippen LogP contribution < -0.4 is 0 Å². The van der Waals surface area contributed by atoms with Gasteiger partial charge in [0.1, 0.15) is 5.82 Å². The first-order valence-corrected chi connectivity index (χ1v) is 4.08. The third-order valence-corrected chi connectivity index (χ3v) is 1.98. The Hall–Kier alpha value is -1.90. The zero-order chi connectivity index (χ0) is 9.97. The summed E-state index contributed by atoms with van der Waals surface area (Å²) in [6.07, 6.45) is 3.53. The van der Waals surface area contributed by atoms with Crippen molar-refractivity contribution in [3.8, 4) is 11.1 Å². The molecule has 14 heavy (non-hydrogen) atoms. The van der Waals surface area contributed by atoms with E-state index in [1.54, 1.807) is 12.1 Å². The zero-order valence-corrected chi connectivity index (χ0v) is 7.24. The van der Waals surface area contributed by atoms with Gasteiger partial charge in [-0.3, -0.25) is 4.79 Å². The zero-order valence-electron chi connectivity index (χ0n) is 7.24. The van der Waals surface area contributed by atoms with E-state index in [9.17, 15) is 9.18 Å². The first kappa shape index (κ1) is 8.69. The smallest absolute Gasteiger partial charge is 0.152 e. The summed E-state index contributed by atoms with van der Waals surface area (Å²) in [4.78, 5) is 10.4. The van der Waals surface area contributed by atoms with Gasteiger partial charge in [0.05, 0.1) is 18.1 Å². The second kappa shape index (κ2) is 3.46. The molecule has 0 aliphatic carbocycles. The lowest BCUT2D eigenvalue weighted by Gasteiger charge is -1.98. The first-order chi connectivity index (χ1) is 6.81. The van der Waals surface area contributed by atoms with Crippen LogP contribution in [0.3, 0.4) is 0 Å². The normalized spacial score (nSPS) is 10.1. The van der Waals surface area contributed by atoms with E-state index in [1.165, 1.54) is 24.7 Å². The second-order valence-corrected chi connectivity index (χ2v) is 2.87. The number of halogens is 1. The molecule has 0 radical (unpaired) electrons. The molecule has 0 saturated carbocycles. The Morgan fingerprint density at radius 3 is 2.64 bits per heavy atom. The standard InChI is InChI=1S/C11H7FO2/c12-11-5-8(1-2-9(11)6-13)10-3-4-14-7-10/h1-7H. The molecule has 0 bridgehead atoms. The molecule has 0 amide bonds. The Bertz CT molecular complexity index is 446. The van der Waals surface area contributed by atoms with Crippen LogP contribution in [0.4, 0.5) is 4.39 Å². The van der Waals surface area contributed by atoms with Crippen molar-refractivity contribution in [2.75, 3.05) is 0 Å².